The highest BCUT2D eigenvalue weighted by Gasteiger charge is 2.12. The first-order chi connectivity index (χ1) is 11.5. The molecule has 0 saturated carbocycles. The van der Waals surface area contributed by atoms with Crippen LogP contribution >= 0.6 is 0 Å². The molecule has 1 aromatic carbocycles. The Bertz CT molecular complexity index is 868. The molecule has 0 bridgehead atoms. The van der Waals surface area contributed by atoms with Gasteiger partial charge in [0.15, 0.2) is 0 Å². The van der Waals surface area contributed by atoms with Crippen LogP contribution in [0.5, 0.6) is 0 Å². The maximum atomic E-state index is 13.3. The SMILES string of the molecule is COC(=O)Cc1c(C)ccn(NCc2ccc(F)c(C#N)c2)c1=O. The van der Waals surface area contributed by atoms with Gasteiger partial charge >= 0.3 is 5.97 Å². The number of ether oxygens (including phenoxy) is 1. The molecule has 0 amide bonds. The van der Waals surface area contributed by atoms with E-state index < -0.39 is 11.8 Å². The van der Waals surface area contributed by atoms with Gasteiger partial charge in [0, 0.05) is 11.8 Å². The second-order valence-corrected chi connectivity index (χ2v) is 5.17. The summed E-state index contributed by atoms with van der Waals surface area (Å²) in [4.78, 5) is 23.8. The van der Waals surface area contributed by atoms with Gasteiger partial charge < -0.3 is 10.2 Å². The van der Waals surface area contributed by atoms with Gasteiger partial charge in [0.05, 0.1) is 25.6 Å². The molecule has 1 aromatic heterocycles. The number of rotatable bonds is 5. The van der Waals surface area contributed by atoms with Crippen molar-refractivity contribution >= 4 is 5.97 Å². The molecule has 1 heterocycles. The normalized spacial score (nSPS) is 10.1. The molecule has 0 atom stereocenters. The average Bonchev–Trinajstić information content (AvgIpc) is 2.58. The molecule has 0 aliphatic heterocycles. The lowest BCUT2D eigenvalue weighted by Crippen LogP contribution is -2.32. The Kier molecular flexibility index (Phi) is 5.32. The van der Waals surface area contributed by atoms with Gasteiger partial charge in [-0.2, -0.15) is 5.26 Å². The van der Waals surface area contributed by atoms with E-state index >= 15 is 0 Å². The van der Waals surface area contributed by atoms with Gasteiger partial charge in [-0.1, -0.05) is 6.07 Å². The highest BCUT2D eigenvalue weighted by molar-refractivity contribution is 5.72. The van der Waals surface area contributed by atoms with Gasteiger partial charge in [-0.25, -0.2) is 9.07 Å². The number of nitrogens with one attached hydrogen (secondary N) is 1. The first kappa shape index (κ1) is 17.2. The van der Waals surface area contributed by atoms with E-state index in [0.29, 0.717) is 16.7 Å². The van der Waals surface area contributed by atoms with Crippen molar-refractivity contribution in [3.63, 3.8) is 0 Å². The topological polar surface area (TPSA) is 84.1 Å². The number of esters is 1. The molecule has 2 aromatic rings. The summed E-state index contributed by atoms with van der Waals surface area (Å²) >= 11 is 0. The van der Waals surface area contributed by atoms with E-state index in [9.17, 15) is 14.0 Å². The molecule has 2 rings (SSSR count). The van der Waals surface area contributed by atoms with E-state index in [2.05, 4.69) is 10.2 Å². The van der Waals surface area contributed by atoms with Crippen LogP contribution in [0.15, 0.2) is 35.3 Å². The first-order valence-electron chi connectivity index (χ1n) is 7.16. The summed E-state index contributed by atoms with van der Waals surface area (Å²) in [6, 6.07) is 7.62. The van der Waals surface area contributed by atoms with E-state index in [1.807, 2.05) is 0 Å². The van der Waals surface area contributed by atoms with Crippen molar-refractivity contribution in [2.24, 2.45) is 0 Å². The third-order valence-corrected chi connectivity index (χ3v) is 3.58. The molecule has 0 radical (unpaired) electrons. The fourth-order valence-corrected chi connectivity index (χ4v) is 2.17. The number of benzene rings is 1. The van der Waals surface area contributed by atoms with E-state index in [1.165, 1.54) is 30.0 Å². The number of pyridine rings is 1. The molecule has 7 heteroatoms. The molecular formula is C17H16FN3O3. The zero-order valence-corrected chi connectivity index (χ0v) is 13.3. The Morgan fingerprint density at radius 2 is 2.17 bits per heavy atom. The quantitative estimate of drug-likeness (QED) is 0.843. The molecule has 0 aliphatic rings. The fourth-order valence-electron chi connectivity index (χ4n) is 2.17. The number of carbonyl (C=O) groups excluding carboxylic acids is 1. The van der Waals surface area contributed by atoms with E-state index in [-0.39, 0.29) is 24.1 Å². The van der Waals surface area contributed by atoms with Crippen molar-refractivity contribution in [3.8, 4) is 6.07 Å². The number of aromatic nitrogens is 1. The number of nitriles is 1. The monoisotopic (exact) mass is 329 g/mol. The maximum absolute atomic E-state index is 13.3. The van der Waals surface area contributed by atoms with Crippen LogP contribution in [-0.2, 0) is 22.5 Å². The van der Waals surface area contributed by atoms with Gasteiger partial charge in [0.2, 0.25) is 0 Å². The molecule has 124 valence electrons. The van der Waals surface area contributed by atoms with Crippen LogP contribution in [0.4, 0.5) is 4.39 Å². The van der Waals surface area contributed by atoms with Crippen LogP contribution in [0, 0.1) is 24.1 Å². The lowest BCUT2D eigenvalue weighted by atomic mass is 10.1. The molecule has 6 nitrogen and oxygen atoms in total. The number of aryl methyl sites for hydroxylation is 1. The van der Waals surface area contributed by atoms with E-state index in [4.69, 9.17) is 5.26 Å². The summed E-state index contributed by atoms with van der Waals surface area (Å²) in [5.41, 5.74) is 4.14. The van der Waals surface area contributed by atoms with Gasteiger partial charge in [-0.3, -0.25) is 9.59 Å². The Hall–Kier alpha value is -3.14. The highest BCUT2D eigenvalue weighted by atomic mass is 19.1. The predicted molar refractivity (Wildman–Crippen MR) is 85.3 cm³/mol. The van der Waals surface area contributed by atoms with Gasteiger partial charge in [0.25, 0.3) is 5.56 Å². The predicted octanol–water partition coefficient (Wildman–Crippen LogP) is 1.63. The zero-order valence-electron chi connectivity index (χ0n) is 13.3. The van der Waals surface area contributed by atoms with Crippen LogP contribution in [-0.4, -0.2) is 17.8 Å². The van der Waals surface area contributed by atoms with Crippen molar-refractivity contribution in [2.75, 3.05) is 12.5 Å². The Labute approximate surface area is 138 Å². The largest absolute Gasteiger partial charge is 0.469 e. The van der Waals surface area contributed by atoms with Crippen molar-refractivity contribution in [1.82, 2.24) is 4.68 Å². The number of hydrogen-bond acceptors (Lipinski definition) is 5. The van der Waals surface area contributed by atoms with Crippen LogP contribution in [0.3, 0.4) is 0 Å². The number of hydrogen-bond donors (Lipinski definition) is 1. The fraction of sp³-hybridized carbons (Fsp3) is 0.235. The molecule has 0 fully saturated rings. The summed E-state index contributed by atoms with van der Waals surface area (Å²) in [7, 11) is 1.26. The number of carbonyl (C=O) groups is 1. The van der Waals surface area contributed by atoms with Crippen molar-refractivity contribution in [3.05, 3.63) is 68.9 Å². The second-order valence-electron chi connectivity index (χ2n) is 5.17. The maximum Gasteiger partial charge on any atom is 0.310 e. The van der Waals surface area contributed by atoms with Crippen molar-refractivity contribution in [2.45, 2.75) is 19.9 Å². The molecule has 1 N–H and O–H groups in total. The summed E-state index contributed by atoms with van der Waals surface area (Å²) in [5, 5.41) is 8.84. The molecule has 24 heavy (non-hydrogen) atoms. The molecule has 0 aliphatic carbocycles. The minimum atomic E-state index is -0.589. The van der Waals surface area contributed by atoms with Gasteiger partial charge in [-0.15, -0.1) is 0 Å². The third kappa shape index (κ3) is 3.79. The van der Waals surface area contributed by atoms with E-state index in [1.54, 1.807) is 25.3 Å². The molecular weight excluding hydrogens is 313 g/mol. The number of nitrogens with zero attached hydrogens (tertiary/aromatic N) is 2. The lowest BCUT2D eigenvalue weighted by molar-refractivity contribution is -0.139. The first-order valence-corrected chi connectivity index (χ1v) is 7.16. The summed E-state index contributed by atoms with van der Waals surface area (Å²) < 4.78 is 19.2. The third-order valence-electron chi connectivity index (χ3n) is 3.58. The summed E-state index contributed by atoms with van der Waals surface area (Å²) in [5.74, 6) is -1.08. The number of halogens is 1. The van der Waals surface area contributed by atoms with Crippen molar-refractivity contribution in [1.29, 1.82) is 5.26 Å². The minimum Gasteiger partial charge on any atom is -0.469 e. The van der Waals surface area contributed by atoms with Crippen molar-refractivity contribution < 1.29 is 13.9 Å². The lowest BCUT2D eigenvalue weighted by Gasteiger charge is -2.13. The summed E-state index contributed by atoms with van der Waals surface area (Å²) in [6.45, 7) is 1.96. The standard InChI is InChI=1S/C17H16FN3O3/c1-11-5-6-21(17(23)14(11)8-16(22)24-2)20-10-12-3-4-15(18)13(7-12)9-19/h3-7,20H,8,10H2,1-2H3. The second kappa shape index (κ2) is 7.42. The van der Waals surface area contributed by atoms with E-state index in [0.717, 1.165) is 0 Å². The van der Waals surface area contributed by atoms with Crippen LogP contribution in [0.2, 0.25) is 0 Å². The molecule has 0 spiro atoms. The Morgan fingerprint density at radius 1 is 1.42 bits per heavy atom. The summed E-state index contributed by atoms with van der Waals surface area (Å²) in [6.07, 6.45) is 1.44. The molecule has 0 unspecified atom stereocenters. The molecule has 0 saturated heterocycles. The van der Waals surface area contributed by atoms with Gasteiger partial charge in [-0.05, 0) is 36.2 Å². The average molecular weight is 329 g/mol. The smallest absolute Gasteiger partial charge is 0.310 e. The van der Waals surface area contributed by atoms with Crippen LogP contribution in [0.1, 0.15) is 22.3 Å². The minimum absolute atomic E-state index is 0.0584. The zero-order chi connectivity index (χ0) is 17.7. The highest BCUT2D eigenvalue weighted by Crippen LogP contribution is 2.10. The number of methoxy groups -OCH3 is 1. The van der Waals surface area contributed by atoms with Crippen LogP contribution < -0.4 is 11.0 Å². The Morgan fingerprint density at radius 3 is 2.83 bits per heavy atom. The van der Waals surface area contributed by atoms with Gasteiger partial charge in [0.1, 0.15) is 11.9 Å². The van der Waals surface area contributed by atoms with Crippen LogP contribution in [0.25, 0.3) is 0 Å². The Balaban J connectivity index is 2.22.